The second kappa shape index (κ2) is 9.20. The number of amides is 2. The van der Waals surface area contributed by atoms with E-state index in [9.17, 15) is 4.79 Å². The highest BCUT2D eigenvalue weighted by Crippen LogP contribution is 2.20. The van der Waals surface area contributed by atoms with Crippen molar-refractivity contribution in [1.29, 1.82) is 0 Å². The lowest BCUT2D eigenvalue weighted by atomic mass is 10.1. The molecule has 2 rings (SSSR count). The average molecular weight is 340 g/mol. The SMILES string of the molecule is CCc1cnc(C(C)NC(=O)NCCN2CCC(OC)CC2)s1. The van der Waals surface area contributed by atoms with Gasteiger partial charge < -0.3 is 20.3 Å². The summed E-state index contributed by atoms with van der Waals surface area (Å²) in [6.07, 6.45) is 5.41. The molecule has 0 radical (unpaired) electrons. The molecular formula is C16H28N4O2S. The fourth-order valence-corrected chi connectivity index (χ4v) is 3.55. The number of thiazole rings is 1. The van der Waals surface area contributed by atoms with Gasteiger partial charge in [-0.1, -0.05) is 6.92 Å². The Labute approximate surface area is 142 Å². The van der Waals surface area contributed by atoms with Gasteiger partial charge >= 0.3 is 6.03 Å². The predicted octanol–water partition coefficient (Wildman–Crippen LogP) is 2.18. The van der Waals surface area contributed by atoms with E-state index in [1.165, 1.54) is 4.88 Å². The fraction of sp³-hybridized carbons (Fsp3) is 0.750. The van der Waals surface area contributed by atoms with Crippen molar-refractivity contribution in [2.24, 2.45) is 0 Å². The van der Waals surface area contributed by atoms with Crippen LogP contribution >= 0.6 is 11.3 Å². The van der Waals surface area contributed by atoms with Crippen LogP contribution in [-0.4, -0.2) is 55.3 Å². The first-order valence-electron chi connectivity index (χ1n) is 8.36. The van der Waals surface area contributed by atoms with Gasteiger partial charge in [-0.25, -0.2) is 9.78 Å². The van der Waals surface area contributed by atoms with Crippen LogP contribution in [0, 0.1) is 0 Å². The second-order valence-electron chi connectivity index (χ2n) is 5.92. The predicted molar refractivity (Wildman–Crippen MR) is 92.9 cm³/mol. The molecular weight excluding hydrogens is 312 g/mol. The van der Waals surface area contributed by atoms with Gasteiger partial charge in [-0.15, -0.1) is 11.3 Å². The number of likely N-dealkylation sites (tertiary alicyclic amines) is 1. The van der Waals surface area contributed by atoms with Crippen molar-refractivity contribution in [3.63, 3.8) is 0 Å². The Bertz CT molecular complexity index is 486. The number of rotatable bonds is 7. The highest BCUT2D eigenvalue weighted by molar-refractivity contribution is 7.11. The first-order chi connectivity index (χ1) is 11.1. The highest BCUT2D eigenvalue weighted by Gasteiger charge is 2.18. The average Bonchev–Trinajstić information content (AvgIpc) is 3.04. The van der Waals surface area contributed by atoms with Gasteiger partial charge in [-0.3, -0.25) is 0 Å². The third kappa shape index (κ3) is 5.75. The summed E-state index contributed by atoms with van der Waals surface area (Å²) in [6, 6.07) is -0.185. The number of nitrogens with one attached hydrogen (secondary N) is 2. The maximum Gasteiger partial charge on any atom is 0.315 e. The summed E-state index contributed by atoms with van der Waals surface area (Å²) in [4.78, 5) is 19.9. The molecule has 0 aromatic carbocycles. The van der Waals surface area contributed by atoms with Gasteiger partial charge in [0.2, 0.25) is 0 Å². The van der Waals surface area contributed by atoms with Crippen LogP contribution in [-0.2, 0) is 11.2 Å². The number of carbonyl (C=O) groups is 1. The fourth-order valence-electron chi connectivity index (χ4n) is 2.69. The van der Waals surface area contributed by atoms with Crippen LogP contribution in [0.25, 0.3) is 0 Å². The Morgan fingerprint density at radius 2 is 2.26 bits per heavy atom. The van der Waals surface area contributed by atoms with E-state index in [1.807, 2.05) is 13.1 Å². The molecule has 1 fully saturated rings. The second-order valence-corrected chi connectivity index (χ2v) is 7.06. The van der Waals surface area contributed by atoms with Crippen molar-refractivity contribution < 1.29 is 9.53 Å². The minimum atomic E-state index is -0.127. The quantitative estimate of drug-likeness (QED) is 0.798. The number of carbonyl (C=O) groups excluding carboxylic acids is 1. The van der Waals surface area contributed by atoms with Crippen molar-refractivity contribution in [3.05, 3.63) is 16.1 Å². The molecule has 130 valence electrons. The van der Waals surface area contributed by atoms with E-state index in [0.717, 1.165) is 43.9 Å². The molecule has 0 bridgehead atoms. The smallest absolute Gasteiger partial charge is 0.315 e. The number of nitrogens with zero attached hydrogens (tertiary/aromatic N) is 2. The van der Waals surface area contributed by atoms with E-state index in [2.05, 4.69) is 27.4 Å². The van der Waals surface area contributed by atoms with Crippen LogP contribution in [0.3, 0.4) is 0 Å². The summed E-state index contributed by atoms with van der Waals surface area (Å²) >= 11 is 1.66. The zero-order chi connectivity index (χ0) is 16.7. The summed E-state index contributed by atoms with van der Waals surface area (Å²) in [5, 5.41) is 6.83. The molecule has 6 nitrogen and oxygen atoms in total. The molecule has 0 aliphatic carbocycles. The molecule has 2 heterocycles. The molecule has 23 heavy (non-hydrogen) atoms. The molecule has 1 aliphatic rings. The van der Waals surface area contributed by atoms with E-state index < -0.39 is 0 Å². The first-order valence-corrected chi connectivity index (χ1v) is 9.18. The molecule has 0 spiro atoms. The van der Waals surface area contributed by atoms with Gasteiger partial charge in [0.25, 0.3) is 0 Å². The van der Waals surface area contributed by atoms with Gasteiger partial charge in [0.15, 0.2) is 0 Å². The van der Waals surface area contributed by atoms with Crippen LogP contribution < -0.4 is 10.6 Å². The zero-order valence-corrected chi connectivity index (χ0v) is 15.1. The lowest BCUT2D eigenvalue weighted by molar-refractivity contribution is 0.0416. The summed E-state index contributed by atoms with van der Waals surface area (Å²) in [7, 11) is 1.78. The van der Waals surface area contributed by atoms with Crippen molar-refractivity contribution in [3.8, 4) is 0 Å². The largest absolute Gasteiger partial charge is 0.381 e. The number of hydrogen-bond donors (Lipinski definition) is 2. The van der Waals surface area contributed by atoms with Crippen molar-refractivity contribution in [1.82, 2.24) is 20.5 Å². The Kier molecular flexibility index (Phi) is 7.26. The summed E-state index contributed by atoms with van der Waals surface area (Å²) < 4.78 is 5.37. The van der Waals surface area contributed by atoms with Crippen LogP contribution in [0.15, 0.2) is 6.20 Å². The summed E-state index contributed by atoms with van der Waals surface area (Å²) in [6.45, 7) is 7.70. The molecule has 7 heteroatoms. The van der Waals surface area contributed by atoms with Crippen molar-refractivity contribution in [2.45, 2.75) is 45.3 Å². The number of urea groups is 1. The molecule has 2 N–H and O–H groups in total. The molecule has 1 aliphatic heterocycles. The minimum absolute atomic E-state index is 0.0576. The number of methoxy groups -OCH3 is 1. The van der Waals surface area contributed by atoms with E-state index in [4.69, 9.17) is 4.74 Å². The van der Waals surface area contributed by atoms with Crippen LogP contribution in [0.5, 0.6) is 0 Å². The minimum Gasteiger partial charge on any atom is -0.381 e. The van der Waals surface area contributed by atoms with E-state index >= 15 is 0 Å². The molecule has 1 aromatic heterocycles. The van der Waals surface area contributed by atoms with Gasteiger partial charge in [0, 0.05) is 44.4 Å². The van der Waals surface area contributed by atoms with Crippen molar-refractivity contribution >= 4 is 17.4 Å². The van der Waals surface area contributed by atoms with E-state index in [1.54, 1.807) is 18.4 Å². The van der Waals surface area contributed by atoms with E-state index in [0.29, 0.717) is 12.6 Å². The normalized spacial score (nSPS) is 17.9. The number of piperidine rings is 1. The lowest BCUT2D eigenvalue weighted by Gasteiger charge is -2.31. The Morgan fingerprint density at radius 3 is 2.87 bits per heavy atom. The summed E-state index contributed by atoms with van der Waals surface area (Å²) in [5.41, 5.74) is 0. The number of aromatic nitrogens is 1. The maximum atomic E-state index is 12.0. The number of ether oxygens (including phenoxy) is 1. The Morgan fingerprint density at radius 1 is 1.52 bits per heavy atom. The molecule has 1 atom stereocenters. The monoisotopic (exact) mass is 340 g/mol. The van der Waals surface area contributed by atoms with Crippen LogP contribution in [0.2, 0.25) is 0 Å². The molecule has 0 saturated carbocycles. The third-order valence-electron chi connectivity index (χ3n) is 4.22. The number of aryl methyl sites for hydroxylation is 1. The Balaban J connectivity index is 1.63. The van der Waals surface area contributed by atoms with Gasteiger partial charge in [0.1, 0.15) is 5.01 Å². The lowest BCUT2D eigenvalue weighted by Crippen LogP contribution is -2.44. The molecule has 1 saturated heterocycles. The molecule has 2 amide bonds. The maximum absolute atomic E-state index is 12.0. The van der Waals surface area contributed by atoms with E-state index in [-0.39, 0.29) is 12.1 Å². The van der Waals surface area contributed by atoms with Gasteiger partial charge in [-0.2, -0.15) is 0 Å². The topological polar surface area (TPSA) is 66.5 Å². The van der Waals surface area contributed by atoms with Gasteiger partial charge in [-0.05, 0) is 26.2 Å². The Hall–Kier alpha value is -1.18. The highest BCUT2D eigenvalue weighted by atomic mass is 32.1. The molecule has 1 unspecified atom stereocenters. The number of hydrogen-bond acceptors (Lipinski definition) is 5. The standard InChI is InChI=1S/C16H28N4O2S/c1-4-14-11-18-15(23-14)12(2)19-16(21)17-7-10-20-8-5-13(22-3)6-9-20/h11-13H,4-10H2,1-3H3,(H2,17,19,21). The van der Waals surface area contributed by atoms with Crippen LogP contribution in [0.1, 0.15) is 42.6 Å². The zero-order valence-electron chi connectivity index (χ0n) is 14.3. The molecule has 1 aromatic rings. The first kappa shape index (κ1) is 18.2. The third-order valence-corrected chi connectivity index (χ3v) is 5.54. The van der Waals surface area contributed by atoms with Crippen molar-refractivity contribution in [2.75, 3.05) is 33.3 Å². The summed E-state index contributed by atoms with van der Waals surface area (Å²) in [5.74, 6) is 0. The van der Waals surface area contributed by atoms with Crippen LogP contribution in [0.4, 0.5) is 4.79 Å². The van der Waals surface area contributed by atoms with Gasteiger partial charge in [0.05, 0.1) is 12.1 Å².